The molecule has 0 fully saturated rings. The van der Waals surface area contributed by atoms with Gasteiger partial charge in [-0.2, -0.15) is 14.9 Å². The highest BCUT2D eigenvalue weighted by Crippen LogP contribution is 2.27. The molecule has 4 heterocycles. The maximum absolute atomic E-state index is 13.3. The van der Waals surface area contributed by atoms with Gasteiger partial charge in [-0.3, -0.25) is 9.48 Å². The number of hydrogen-bond acceptors (Lipinski definition) is 6. The highest BCUT2D eigenvalue weighted by molar-refractivity contribution is 6.12. The minimum Gasteiger partial charge on any atom is -0.306 e. The number of nitrogens with zero attached hydrogens (tertiary/aromatic N) is 7. The van der Waals surface area contributed by atoms with Gasteiger partial charge in [0.15, 0.2) is 5.65 Å². The summed E-state index contributed by atoms with van der Waals surface area (Å²) >= 11 is 0. The van der Waals surface area contributed by atoms with Crippen molar-refractivity contribution in [1.29, 1.82) is 0 Å². The molecule has 30 heavy (non-hydrogen) atoms. The van der Waals surface area contributed by atoms with E-state index in [1.165, 1.54) is 0 Å². The molecule has 0 atom stereocenters. The maximum Gasteiger partial charge on any atom is 0.257 e. The lowest BCUT2D eigenvalue weighted by Crippen LogP contribution is -2.17. The maximum atomic E-state index is 13.3. The van der Waals surface area contributed by atoms with Crippen molar-refractivity contribution >= 4 is 22.8 Å². The summed E-state index contributed by atoms with van der Waals surface area (Å²) in [5.74, 6) is 0.622. The monoisotopic (exact) mass is 404 g/mol. The first-order valence-electron chi connectivity index (χ1n) is 9.65. The van der Waals surface area contributed by atoms with Crippen molar-refractivity contribution in [3.8, 4) is 5.95 Å². The van der Waals surface area contributed by atoms with Crippen LogP contribution in [0.1, 0.15) is 48.2 Å². The van der Waals surface area contributed by atoms with Crippen molar-refractivity contribution in [3.63, 3.8) is 0 Å². The van der Waals surface area contributed by atoms with Gasteiger partial charge in [0.2, 0.25) is 0 Å². The Kier molecular flexibility index (Phi) is 4.60. The Morgan fingerprint density at radius 3 is 2.43 bits per heavy atom. The second-order valence-electron chi connectivity index (χ2n) is 8.30. The molecule has 4 aromatic rings. The Hall–Kier alpha value is -3.62. The standard InChI is InChI=1S/C21H24N8O/c1-12-10-14(17-13(2)26-28(6)18(17)24-12)19(30)25-16-11-15(21(3,4)5)27-29(16)20-22-8-7-9-23-20/h7-11H,1-6H3,(H,25,30). The third kappa shape index (κ3) is 3.42. The number of aromatic nitrogens is 7. The molecule has 0 saturated heterocycles. The summed E-state index contributed by atoms with van der Waals surface area (Å²) in [4.78, 5) is 26.4. The van der Waals surface area contributed by atoms with Crippen molar-refractivity contribution in [2.24, 2.45) is 7.05 Å². The summed E-state index contributed by atoms with van der Waals surface area (Å²) in [6, 6.07) is 5.37. The van der Waals surface area contributed by atoms with Crippen LogP contribution in [0.2, 0.25) is 0 Å². The van der Waals surface area contributed by atoms with Crippen LogP contribution in [0.25, 0.3) is 17.0 Å². The lowest BCUT2D eigenvalue weighted by atomic mass is 9.92. The molecule has 154 valence electrons. The van der Waals surface area contributed by atoms with Gasteiger partial charge in [0.05, 0.1) is 22.3 Å². The minimum absolute atomic E-state index is 0.208. The lowest BCUT2D eigenvalue weighted by molar-refractivity contribution is 0.102. The van der Waals surface area contributed by atoms with E-state index in [1.807, 2.05) is 27.0 Å². The van der Waals surface area contributed by atoms with E-state index in [-0.39, 0.29) is 11.3 Å². The third-order valence-electron chi connectivity index (χ3n) is 4.80. The molecule has 0 unspecified atom stereocenters. The van der Waals surface area contributed by atoms with Crippen LogP contribution in [0.3, 0.4) is 0 Å². The molecule has 9 heteroatoms. The summed E-state index contributed by atoms with van der Waals surface area (Å²) < 4.78 is 3.24. The normalized spacial score (nSPS) is 11.8. The molecular weight excluding hydrogens is 380 g/mol. The molecule has 0 aliphatic carbocycles. The number of amides is 1. The van der Waals surface area contributed by atoms with E-state index < -0.39 is 0 Å². The number of anilines is 1. The van der Waals surface area contributed by atoms with Crippen LogP contribution in [0.4, 0.5) is 5.82 Å². The van der Waals surface area contributed by atoms with Crippen molar-refractivity contribution < 1.29 is 4.79 Å². The number of rotatable bonds is 3. The third-order valence-corrected chi connectivity index (χ3v) is 4.80. The minimum atomic E-state index is -0.265. The van der Waals surface area contributed by atoms with Gasteiger partial charge in [-0.15, -0.1) is 0 Å². The average Bonchev–Trinajstić information content (AvgIpc) is 3.23. The number of fused-ring (bicyclic) bond motifs is 1. The van der Waals surface area contributed by atoms with E-state index in [0.29, 0.717) is 23.0 Å². The summed E-state index contributed by atoms with van der Waals surface area (Å²) in [6.45, 7) is 9.91. The number of aryl methyl sites for hydroxylation is 3. The number of pyridine rings is 1. The molecule has 0 aromatic carbocycles. The van der Waals surface area contributed by atoms with Crippen LogP contribution in [-0.4, -0.2) is 40.4 Å². The summed E-state index contributed by atoms with van der Waals surface area (Å²) in [6.07, 6.45) is 3.28. The Morgan fingerprint density at radius 2 is 1.77 bits per heavy atom. The van der Waals surface area contributed by atoms with Gasteiger partial charge in [-0.1, -0.05) is 20.8 Å². The molecule has 0 aliphatic heterocycles. The van der Waals surface area contributed by atoms with E-state index in [9.17, 15) is 4.79 Å². The zero-order valence-electron chi connectivity index (χ0n) is 17.9. The van der Waals surface area contributed by atoms with Crippen LogP contribution in [0.5, 0.6) is 0 Å². The van der Waals surface area contributed by atoms with E-state index >= 15 is 0 Å². The van der Waals surface area contributed by atoms with Gasteiger partial charge in [0.25, 0.3) is 11.9 Å². The first-order valence-corrected chi connectivity index (χ1v) is 9.65. The van der Waals surface area contributed by atoms with Crippen LogP contribution < -0.4 is 5.32 Å². The zero-order valence-corrected chi connectivity index (χ0v) is 17.9. The molecule has 1 amide bonds. The molecule has 0 spiro atoms. The number of carbonyl (C=O) groups excluding carboxylic acids is 1. The SMILES string of the molecule is Cc1cc(C(=O)Nc2cc(C(C)(C)C)nn2-c2ncccn2)c2c(C)nn(C)c2n1. The summed E-state index contributed by atoms with van der Waals surface area (Å²) in [5.41, 5.74) is 3.29. The summed E-state index contributed by atoms with van der Waals surface area (Å²) in [5, 5.41) is 12.8. The first-order chi connectivity index (χ1) is 14.1. The van der Waals surface area contributed by atoms with Crippen LogP contribution in [0.15, 0.2) is 30.6 Å². The molecule has 1 N–H and O–H groups in total. The van der Waals surface area contributed by atoms with Gasteiger partial charge in [-0.25, -0.2) is 15.0 Å². The fraction of sp³-hybridized carbons (Fsp3) is 0.333. The Morgan fingerprint density at radius 1 is 1.07 bits per heavy atom. The van der Waals surface area contributed by atoms with Crippen LogP contribution >= 0.6 is 0 Å². The van der Waals surface area contributed by atoms with Crippen molar-refractivity contribution in [2.75, 3.05) is 5.32 Å². The molecule has 9 nitrogen and oxygen atoms in total. The van der Waals surface area contributed by atoms with Crippen molar-refractivity contribution in [1.82, 2.24) is 34.5 Å². The molecule has 0 bridgehead atoms. The summed E-state index contributed by atoms with van der Waals surface area (Å²) in [7, 11) is 1.82. The molecule has 4 aromatic heterocycles. The predicted octanol–water partition coefficient (Wildman–Crippen LogP) is 3.11. The topological polar surface area (TPSA) is 103 Å². The van der Waals surface area contributed by atoms with Crippen molar-refractivity contribution in [3.05, 3.63) is 53.2 Å². The fourth-order valence-electron chi connectivity index (χ4n) is 3.32. The fourth-order valence-corrected chi connectivity index (χ4v) is 3.32. The van der Waals surface area contributed by atoms with Gasteiger partial charge < -0.3 is 5.32 Å². The van der Waals surface area contributed by atoms with E-state index in [2.05, 4.69) is 51.2 Å². The van der Waals surface area contributed by atoms with Gasteiger partial charge >= 0.3 is 0 Å². The second kappa shape index (κ2) is 7.01. The Bertz CT molecular complexity index is 1250. The zero-order chi connectivity index (χ0) is 21.6. The first kappa shape index (κ1) is 19.7. The molecule has 4 rings (SSSR count). The van der Waals surface area contributed by atoms with Crippen molar-refractivity contribution in [2.45, 2.75) is 40.0 Å². The largest absolute Gasteiger partial charge is 0.306 e. The smallest absolute Gasteiger partial charge is 0.257 e. The molecule has 0 radical (unpaired) electrons. The number of nitrogens with one attached hydrogen (secondary N) is 1. The van der Waals surface area contributed by atoms with E-state index in [4.69, 9.17) is 0 Å². The highest BCUT2D eigenvalue weighted by Gasteiger charge is 2.24. The quantitative estimate of drug-likeness (QED) is 0.563. The highest BCUT2D eigenvalue weighted by atomic mass is 16.1. The van der Waals surface area contributed by atoms with Gasteiger partial charge in [0.1, 0.15) is 5.82 Å². The predicted molar refractivity (Wildman–Crippen MR) is 114 cm³/mol. The second-order valence-corrected chi connectivity index (χ2v) is 8.30. The van der Waals surface area contributed by atoms with Crippen LogP contribution in [-0.2, 0) is 12.5 Å². The van der Waals surface area contributed by atoms with E-state index in [1.54, 1.807) is 33.9 Å². The molecular formula is C21H24N8O. The Balaban J connectivity index is 1.81. The average molecular weight is 404 g/mol. The van der Waals surface area contributed by atoms with Gasteiger partial charge in [-0.05, 0) is 26.0 Å². The van der Waals surface area contributed by atoms with E-state index in [0.717, 1.165) is 22.5 Å². The Labute approximate surface area is 174 Å². The molecule has 0 saturated carbocycles. The lowest BCUT2D eigenvalue weighted by Gasteiger charge is -2.13. The van der Waals surface area contributed by atoms with Gasteiger partial charge in [0, 0.05) is 36.6 Å². The molecule has 0 aliphatic rings. The van der Waals surface area contributed by atoms with Crippen LogP contribution in [0, 0.1) is 13.8 Å². The number of hydrogen-bond donors (Lipinski definition) is 1. The number of carbonyl (C=O) groups is 1.